The molecule has 1 aliphatic carbocycles. The third kappa shape index (κ3) is 5.23. The number of aromatic nitrogens is 3. The molecule has 2 aliphatic heterocycles. The summed E-state index contributed by atoms with van der Waals surface area (Å²) in [6.07, 6.45) is 5.33. The van der Waals surface area contributed by atoms with Crippen molar-refractivity contribution >= 4 is 23.2 Å². The Bertz CT molecular complexity index is 1160. The van der Waals surface area contributed by atoms with Crippen LogP contribution in [0.3, 0.4) is 0 Å². The molecule has 3 aliphatic rings. The van der Waals surface area contributed by atoms with Crippen molar-refractivity contribution in [2.24, 2.45) is 11.8 Å². The second kappa shape index (κ2) is 10.9. The first-order chi connectivity index (χ1) is 17.6. The zero-order valence-corrected chi connectivity index (χ0v) is 20.7. The molecular weight excluding hydrogens is 458 g/mol. The number of hydrogen-bond donors (Lipinski definition) is 2. The number of aryl methyl sites for hydroxylation is 1. The van der Waals surface area contributed by atoms with Crippen LogP contribution in [0.15, 0.2) is 42.7 Å². The van der Waals surface area contributed by atoms with Crippen LogP contribution in [0, 0.1) is 18.8 Å². The van der Waals surface area contributed by atoms with Gasteiger partial charge in [0.15, 0.2) is 0 Å². The Morgan fingerprint density at radius 1 is 1.14 bits per heavy atom. The second-order valence-corrected chi connectivity index (χ2v) is 10.2. The van der Waals surface area contributed by atoms with Crippen molar-refractivity contribution < 1.29 is 19.7 Å². The maximum absolute atomic E-state index is 10.8. The molecule has 4 atom stereocenters. The lowest BCUT2D eigenvalue weighted by Gasteiger charge is -2.35. The molecule has 3 aromatic rings. The van der Waals surface area contributed by atoms with E-state index in [4.69, 9.17) is 19.6 Å². The number of aliphatic hydroxyl groups is 1. The molecule has 192 valence electrons. The van der Waals surface area contributed by atoms with Crippen molar-refractivity contribution in [2.75, 3.05) is 44.3 Å². The quantitative estimate of drug-likeness (QED) is 0.535. The smallest absolute Gasteiger partial charge is 0.290 e. The first-order valence-electron chi connectivity index (χ1n) is 12.8. The number of likely N-dealkylation sites (tertiary alicyclic amines) is 1. The number of carboxylic acid groups (broad SMARTS) is 1. The van der Waals surface area contributed by atoms with Crippen molar-refractivity contribution in [3.63, 3.8) is 0 Å². The number of benzene rings is 1. The summed E-state index contributed by atoms with van der Waals surface area (Å²) in [5.74, 6) is 2.26. The van der Waals surface area contributed by atoms with E-state index in [0.29, 0.717) is 11.8 Å². The fraction of sp³-hybridized carbons (Fsp3) is 0.519. The predicted octanol–water partition coefficient (Wildman–Crippen LogP) is 2.72. The van der Waals surface area contributed by atoms with Gasteiger partial charge < -0.3 is 19.8 Å². The number of hydrogen-bond acceptors (Lipinski definition) is 7. The van der Waals surface area contributed by atoms with Gasteiger partial charge >= 0.3 is 0 Å². The highest BCUT2D eigenvalue weighted by Crippen LogP contribution is 2.42. The van der Waals surface area contributed by atoms with Crippen LogP contribution in [0.25, 0.3) is 10.9 Å². The largest absolute Gasteiger partial charge is 0.483 e. The van der Waals surface area contributed by atoms with Crippen LogP contribution in [0.2, 0.25) is 0 Å². The molecule has 36 heavy (non-hydrogen) atoms. The van der Waals surface area contributed by atoms with Crippen LogP contribution < -0.4 is 4.90 Å². The molecule has 0 spiro atoms. The van der Waals surface area contributed by atoms with Gasteiger partial charge in [0.05, 0.1) is 30.9 Å². The van der Waals surface area contributed by atoms with Gasteiger partial charge in [-0.15, -0.1) is 0 Å². The molecule has 0 radical (unpaired) electrons. The van der Waals surface area contributed by atoms with E-state index in [1.807, 2.05) is 16.9 Å². The van der Waals surface area contributed by atoms with E-state index in [1.54, 1.807) is 6.20 Å². The van der Waals surface area contributed by atoms with Crippen molar-refractivity contribution in [1.29, 1.82) is 0 Å². The Morgan fingerprint density at radius 3 is 2.61 bits per heavy atom. The van der Waals surface area contributed by atoms with Gasteiger partial charge in [0.25, 0.3) is 6.47 Å². The zero-order valence-electron chi connectivity index (χ0n) is 20.7. The number of morpholine rings is 1. The van der Waals surface area contributed by atoms with Crippen LogP contribution in [0.5, 0.6) is 0 Å². The number of anilines is 1. The van der Waals surface area contributed by atoms with E-state index in [9.17, 15) is 5.11 Å². The average Bonchev–Trinajstić information content (AvgIpc) is 3.54. The van der Waals surface area contributed by atoms with Gasteiger partial charge in [-0.05, 0) is 55.4 Å². The Morgan fingerprint density at radius 2 is 1.89 bits per heavy atom. The summed E-state index contributed by atoms with van der Waals surface area (Å²) in [6, 6.07) is 10.9. The standard InChI is InChI=1S/C26H33N5O2.CH2O2/c1-18-3-4-19-12-22(26(28-23(19)11-18)30-7-9-33-10-8-30)17-29-15-20-13-24(31-6-2-5-27-31)25(32)14-21(20)16-29;2-1-3/h2-6,11-12,20-21,24-25,32H,7-10,13-17H2,1H3;1H,(H,2,3)/t20-,21+,24-,25-;/m1./s1. The average molecular weight is 494 g/mol. The zero-order chi connectivity index (χ0) is 25.1. The fourth-order valence-corrected chi connectivity index (χ4v) is 6.11. The lowest BCUT2D eigenvalue weighted by molar-refractivity contribution is -0.122. The highest BCUT2D eigenvalue weighted by atomic mass is 16.5. The highest BCUT2D eigenvalue weighted by molar-refractivity contribution is 5.82. The van der Waals surface area contributed by atoms with Crippen molar-refractivity contribution in [3.8, 4) is 0 Å². The van der Waals surface area contributed by atoms with E-state index >= 15 is 0 Å². The minimum Gasteiger partial charge on any atom is -0.483 e. The Hall–Kier alpha value is -3.01. The summed E-state index contributed by atoms with van der Waals surface area (Å²) in [5.41, 5.74) is 3.61. The Kier molecular flexibility index (Phi) is 7.50. The van der Waals surface area contributed by atoms with Gasteiger partial charge in [-0.2, -0.15) is 5.10 Å². The van der Waals surface area contributed by atoms with E-state index in [2.05, 4.69) is 46.1 Å². The first kappa shape index (κ1) is 24.7. The van der Waals surface area contributed by atoms with Gasteiger partial charge in [-0.1, -0.05) is 12.1 Å². The number of carbonyl (C=O) groups is 1. The fourth-order valence-electron chi connectivity index (χ4n) is 6.11. The van der Waals surface area contributed by atoms with Crippen molar-refractivity contribution in [3.05, 3.63) is 53.9 Å². The molecule has 6 rings (SSSR count). The third-order valence-corrected chi connectivity index (χ3v) is 7.78. The topological polar surface area (TPSA) is 104 Å². The van der Waals surface area contributed by atoms with E-state index in [0.717, 1.165) is 70.1 Å². The molecule has 1 aromatic carbocycles. The van der Waals surface area contributed by atoms with E-state index in [1.165, 1.54) is 16.5 Å². The number of aliphatic hydroxyl groups excluding tert-OH is 1. The molecule has 4 heterocycles. The summed E-state index contributed by atoms with van der Waals surface area (Å²) in [4.78, 5) is 18.5. The molecule has 0 amide bonds. The minimum atomic E-state index is -0.319. The lowest BCUT2D eigenvalue weighted by atomic mass is 9.77. The normalized spacial score (nSPS) is 26.3. The van der Waals surface area contributed by atoms with Crippen LogP contribution in [0.4, 0.5) is 5.82 Å². The van der Waals surface area contributed by atoms with Gasteiger partial charge in [-0.25, -0.2) is 4.98 Å². The lowest BCUT2D eigenvalue weighted by Crippen LogP contribution is -2.38. The summed E-state index contributed by atoms with van der Waals surface area (Å²) in [7, 11) is 0. The summed E-state index contributed by atoms with van der Waals surface area (Å²) in [6.45, 7) is 8.19. The van der Waals surface area contributed by atoms with Crippen LogP contribution >= 0.6 is 0 Å². The molecule has 2 aromatic heterocycles. The minimum absolute atomic E-state index is 0.0932. The van der Waals surface area contributed by atoms with Crippen molar-refractivity contribution in [2.45, 2.75) is 38.5 Å². The summed E-state index contributed by atoms with van der Waals surface area (Å²) in [5, 5.41) is 23.3. The number of fused-ring (bicyclic) bond motifs is 2. The molecule has 0 bridgehead atoms. The summed E-state index contributed by atoms with van der Waals surface area (Å²) >= 11 is 0. The van der Waals surface area contributed by atoms with Crippen molar-refractivity contribution in [1.82, 2.24) is 19.7 Å². The number of rotatable bonds is 4. The molecule has 9 heteroatoms. The van der Waals surface area contributed by atoms with Gasteiger partial charge in [-0.3, -0.25) is 14.4 Å². The van der Waals surface area contributed by atoms with Crippen LogP contribution in [-0.4, -0.2) is 81.8 Å². The highest BCUT2D eigenvalue weighted by Gasteiger charge is 2.42. The van der Waals surface area contributed by atoms with E-state index in [-0.39, 0.29) is 18.6 Å². The SMILES string of the molecule is Cc1ccc2cc(CN3C[C@H]4C[C@@H](n5cccn5)[C@H](O)C[C@H]4C3)c(N3CCOCC3)nc2c1.O=CO. The molecule has 9 nitrogen and oxygen atoms in total. The predicted molar refractivity (Wildman–Crippen MR) is 137 cm³/mol. The maximum Gasteiger partial charge on any atom is 0.290 e. The number of pyridine rings is 1. The van der Waals surface area contributed by atoms with E-state index < -0.39 is 0 Å². The van der Waals surface area contributed by atoms with Gasteiger partial charge in [0.2, 0.25) is 0 Å². The van der Waals surface area contributed by atoms with Gasteiger partial charge in [0.1, 0.15) is 5.82 Å². The number of ether oxygens (including phenoxy) is 1. The number of nitrogens with zero attached hydrogens (tertiary/aromatic N) is 5. The van der Waals surface area contributed by atoms with Crippen LogP contribution in [-0.2, 0) is 16.1 Å². The van der Waals surface area contributed by atoms with Gasteiger partial charge in [0, 0.05) is 56.1 Å². The molecule has 2 saturated heterocycles. The Balaban J connectivity index is 0.000000848. The Labute approximate surface area is 211 Å². The monoisotopic (exact) mass is 493 g/mol. The molecule has 2 N–H and O–H groups in total. The second-order valence-electron chi connectivity index (χ2n) is 10.2. The summed E-state index contributed by atoms with van der Waals surface area (Å²) < 4.78 is 7.56. The molecule has 3 fully saturated rings. The molecular formula is C27H35N5O4. The molecule has 1 saturated carbocycles. The van der Waals surface area contributed by atoms with Crippen LogP contribution in [0.1, 0.15) is 30.0 Å². The first-order valence-corrected chi connectivity index (χ1v) is 12.8. The molecule has 0 unspecified atom stereocenters. The third-order valence-electron chi connectivity index (χ3n) is 7.78. The maximum atomic E-state index is 10.8.